The molecule has 2 aromatic heterocycles. The van der Waals surface area contributed by atoms with E-state index in [1.165, 1.54) is 11.8 Å². The zero-order chi connectivity index (χ0) is 31.9. The highest BCUT2D eigenvalue weighted by molar-refractivity contribution is 6.26. The molecule has 5 aromatic rings. The van der Waals surface area contributed by atoms with Gasteiger partial charge in [0.15, 0.2) is 0 Å². The van der Waals surface area contributed by atoms with Gasteiger partial charge < -0.3 is 9.84 Å². The van der Waals surface area contributed by atoms with Crippen molar-refractivity contribution in [3.63, 3.8) is 0 Å². The standard InChI is InChI=1S/C36H35N5O4/c1-22(42)41-32-13-9-8-12-28(32)34(43)33(41)18-25-17-29(27-11-7-6-10-26(27)24-20-38-40(5)21-24)30-16-23(14-15-31(30)39-25)19-37-35(44)45-36(2,3)4/h6-18,20-21,35,37,44H,19H2,1-5H3/b33-18-. The summed E-state index contributed by atoms with van der Waals surface area (Å²) >= 11 is 0. The molecule has 3 aromatic carbocycles. The Morgan fingerprint density at radius 3 is 2.40 bits per heavy atom. The summed E-state index contributed by atoms with van der Waals surface area (Å²) in [5.74, 6) is -0.477. The average molecular weight is 602 g/mol. The Morgan fingerprint density at radius 1 is 1.00 bits per heavy atom. The number of fused-ring (bicyclic) bond motifs is 2. The minimum atomic E-state index is -1.13. The summed E-state index contributed by atoms with van der Waals surface area (Å²) < 4.78 is 7.37. The van der Waals surface area contributed by atoms with E-state index in [1.54, 1.807) is 29.0 Å². The summed E-state index contributed by atoms with van der Waals surface area (Å²) in [7, 11) is 1.88. The number of carbonyl (C=O) groups is 2. The highest BCUT2D eigenvalue weighted by Crippen LogP contribution is 2.39. The van der Waals surface area contributed by atoms with Crippen LogP contribution in [0.1, 0.15) is 49.3 Å². The van der Waals surface area contributed by atoms with Crippen molar-refractivity contribution in [2.75, 3.05) is 4.90 Å². The molecule has 0 saturated heterocycles. The number of aliphatic hydroxyl groups is 1. The molecule has 1 aliphatic heterocycles. The van der Waals surface area contributed by atoms with Crippen LogP contribution in [0.2, 0.25) is 0 Å². The van der Waals surface area contributed by atoms with Crippen molar-refractivity contribution in [1.82, 2.24) is 20.1 Å². The van der Waals surface area contributed by atoms with Gasteiger partial charge in [-0.1, -0.05) is 42.5 Å². The Labute approximate surface area is 261 Å². The number of para-hydroxylation sites is 1. The number of hydrogen-bond donors (Lipinski definition) is 2. The summed E-state index contributed by atoms with van der Waals surface area (Å²) in [5, 5.41) is 18.7. The van der Waals surface area contributed by atoms with Gasteiger partial charge in [-0.25, -0.2) is 4.98 Å². The number of nitrogens with zero attached hydrogens (tertiary/aromatic N) is 4. The number of nitrogens with one attached hydrogen (secondary N) is 1. The highest BCUT2D eigenvalue weighted by Gasteiger charge is 2.34. The van der Waals surface area contributed by atoms with Gasteiger partial charge in [0.1, 0.15) is 0 Å². The lowest BCUT2D eigenvalue weighted by Gasteiger charge is -2.24. The zero-order valence-corrected chi connectivity index (χ0v) is 25.9. The molecule has 9 nitrogen and oxygen atoms in total. The lowest BCUT2D eigenvalue weighted by Crippen LogP contribution is -2.37. The molecule has 1 aliphatic rings. The predicted molar refractivity (Wildman–Crippen MR) is 175 cm³/mol. The number of allylic oxidation sites excluding steroid dienone is 1. The highest BCUT2D eigenvalue weighted by atomic mass is 16.6. The van der Waals surface area contributed by atoms with Crippen LogP contribution in [-0.2, 0) is 23.1 Å². The Kier molecular flexibility index (Phi) is 7.92. The monoisotopic (exact) mass is 601 g/mol. The van der Waals surface area contributed by atoms with E-state index in [0.717, 1.165) is 33.2 Å². The molecule has 0 radical (unpaired) electrons. The second-order valence-electron chi connectivity index (χ2n) is 12.1. The third-order valence-electron chi connectivity index (χ3n) is 7.53. The van der Waals surface area contributed by atoms with E-state index in [1.807, 2.05) is 82.7 Å². The quantitative estimate of drug-likeness (QED) is 0.172. The molecule has 1 unspecified atom stereocenters. The number of amides is 1. The number of pyridine rings is 1. The number of ether oxygens (including phenoxy) is 1. The normalized spacial score (nSPS) is 14.8. The number of rotatable bonds is 7. The number of aromatic nitrogens is 3. The minimum absolute atomic E-state index is 0.225. The van der Waals surface area contributed by atoms with Crippen molar-refractivity contribution in [3.05, 3.63) is 108 Å². The number of aliphatic hydroxyl groups excluding tert-OH is 1. The van der Waals surface area contributed by atoms with Crippen molar-refractivity contribution in [2.45, 2.75) is 46.3 Å². The van der Waals surface area contributed by atoms with Crippen LogP contribution in [0.5, 0.6) is 0 Å². The molecular weight excluding hydrogens is 566 g/mol. The Bertz CT molecular complexity index is 1970. The van der Waals surface area contributed by atoms with Gasteiger partial charge in [0, 0.05) is 43.2 Å². The first-order valence-corrected chi connectivity index (χ1v) is 14.8. The third-order valence-corrected chi connectivity index (χ3v) is 7.53. The summed E-state index contributed by atoms with van der Waals surface area (Å²) in [5.41, 5.74) is 6.80. The number of carbonyl (C=O) groups excluding carboxylic acids is 2. The molecule has 6 rings (SSSR count). The van der Waals surface area contributed by atoms with E-state index < -0.39 is 12.0 Å². The van der Waals surface area contributed by atoms with Gasteiger partial charge >= 0.3 is 0 Å². The number of hydrogen-bond acceptors (Lipinski definition) is 7. The maximum atomic E-state index is 13.5. The minimum Gasteiger partial charge on any atom is -0.356 e. The van der Waals surface area contributed by atoms with Crippen LogP contribution in [0.3, 0.4) is 0 Å². The van der Waals surface area contributed by atoms with Crippen molar-refractivity contribution >= 4 is 34.4 Å². The fourth-order valence-corrected chi connectivity index (χ4v) is 5.65. The number of aryl methyl sites for hydroxylation is 1. The Hall–Kier alpha value is -4.96. The molecule has 0 spiro atoms. The Balaban J connectivity index is 1.49. The fraction of sp³-hybridized carbons (Fsp3) is 0.222. The molecule has 0 bridgehead atoms. The molecule has 0 saturated carbocycles. The SMILES string of the molecule is CC(=O)N1/C(=C\c2cc(-c3ccccc3-c3cnn(C)c3)c3cc(CNC(O)OC(C)(C)C)ccc3n2)C(=O)c2ccccc21. The third kappa shape index (κ3) is 6.19. The lowest BCUT2D eigenvalue weighted by atomic mass is 9.92. The summed E-state index contributed by atoms with van der Waals surface area (Å²) in [6.45, 7) is 7.46. The maximum Gasteiger partial charge on any atom is 0.228 e. The molecular formula is C36H35N5O4. The molecule has 9 heteroatoms. The predicted octanol–water partition coefficient (Wildman–Crippen LogP) is 6.07. The van der Waals surface area contributed by atoms with Gasteiger partial charge in [-0.05, 0) is 79.4 Å². The average Bonchev–Trinajstić information content (AvgIpc) is 3.55. The first-order valence-electron chi connectivity index (χ1n) is 14.8. The number of anilines is 1. The lowest BCUT2D eigenvalue weighted by molar-refractivity contribution is -0.182. The van der Waals surface area contributed by atoms with Gasteiger partial charge in [-0.2, -0.15) is 5.10 Å². The fourth-order valence-electron chi connectivity index (χ4n) is 5.65. The van der Waals surface area contributed by atoms with E-state index in [4.69, 9.17) is 9.72 Å². The van der Waals surface area contributed by atoms with E-state index in [9.17, 15) is 14.7 Å². The van der Waals surface area contributed by atoms with Crippen molar-refractivity contribution in [1.29, 1.82) is 0 Å². The summed E-state index contributed by atoms with van der Waals surface area (Å²) in [4.78, 5) is 32.6. The topological polar surface area (TPSA) is 110 Å². The van der Waals surface area contributed by atoms with Gasteiger partial charge in [-0.3, -0.25) is 24.5 Å². The van der Waals surface area contributed by atoms with E-state index >= 15 is 0 Å². The largest absolute Gasteiger partial charge is 0.356 e. The van der Waals surface area contributed by atoms with Crippen molar-refractivity contribution < 1.29 is 19.4 Å². The summed E-state index contributed by atoms with van der Waals surface area (Å²) in [6, 6.07) is 23.1. The number of Topliss-reactive ketones (excluding diaryl/α,β-unsaturated/α-hetero) is 1. The van der Waals surface area contributed by atoms with Crippen molar-refractivity contribution in [2.24, 2.45) is 7.05 Å². The first kappa shape index (κ1) is 30.1. The van der Waals surface area contributed by atoms with E-state index in [-0.39, 0.29) is 17.4 Å². The van der Waals surface area contributed by atoms with Crippen LogP contribution in [0, 0.1) is 0 Å². The van der Waals surface area contributed by atoms with Gasteiger partial charge in [0.05, 0.1) is 34.4 Å². The smallest absolute Gasteiger partial charge is 0.228 e. The number of benzene rings is 3. The van der Waals surface area contributed by atoms with Gasteiger partial charge in [0.25, 0.3) is 0 Å². The first-order chi connectivity index (χ1) is 21.5. The molecule has 45 heavy (non-hydrogen) atoms. The molecule has 0 aliphatic carbocycles. The van der Waals surface area contributed by atoms with Crippen LogP contribution in [-0.4, -0.2) is 43.6 Å². The van der Waals surface area contributed by atoms with Crippen LogP contribution in [0.4, 0.5) is 5.69 Å². The molecule has 2 N–H and O–H groups in total. The van der Waals surface area contributed by atoms with Crippen LogP contribution in [0.15, 0.2) is 90.9 Å². The molecule has 0 fully saturated rings. The zero-order valence-electron chi connectivity index (χ0n) is 25.9. The number of ketones is 1. The van der Waals surface area contributed by atoms with Crippen LogP contribution < -0.4 is 10.2 Å². The molecule has 3 heterocycles. The second kappa shape index (κ2) is 11.9. The van der Waals surface area contributed by atoms with Crippen LogP contribution >= 0.6 is 0 Å². The van der Waals surface area contributed by atoms with Gasteiger partial charge in [0.2, 0.25) is 18.1 Å². The second-order valence-corrected chi connectivity index (χ2v) is 12.1. The Morgan fingerprint density at radius 2 is 1.71 bits per heavy atom. The van der Waals surface area contributed by atoms with Crippen molar-refractivity contribution in [3.8, 4) is 22.3 Å². The van der Waals surface area contributed by atoms with E-state index in [0.29, 0.717) is 29.0 Å². The van der Waals surface area contributed by atoms with E-state index in [2.05, 4.69) is 22.5 Å². The molecule has 228 valence electrons. The van der Waals surface area contributed by atoms with Crippen LogP contribution in [0.25, 0.3) is 39.2 Å². The molecule has 1 atom stereocenters. The summed E-state index contributed by atoms with van der Waals surface area (Å²) in [6.07, 6.45) is 4.36. The molecule has 1 amide bonds. The van der Waals surface area contributed by atoms with Gasteiger partial charge in [-0.15, -0.1) is 0 Å². The maximum absolute atomic E-state index is 13.5.